The maximum atomic E-state index is 12.4. The van der Waals surface area contributed by atoms with Crippen LogP contribution in [0.25, 0.3) is 11.0 Å². The number of amides is 2. The fourth-order valence-corrected chi connectivity index (χ4v) is 2.62. The molecule has 0 aliphatic heterocycles. The number of nitrogens with one attached hydrogen (secondary N) is 2. The van der Waals surface area contributed by atoms with Crippen LogP contribution in [0.3, 0.4) is 0 Å². The van der Waals surface area contributed by atoms with Gasteiger partial charge in [-0.05, 0) is 31.2 Å². The number of carbonyl (C=O) groups is 2. The molecule has 0 atom stereocenters. The van der Waals surface area contributed by atoms with Gasteiger partial charge in [0.1, 0.15) is 17.1 Å². The molecule has 3 aromatic rings. The van der Waals surface area contributed by atoms with E-state index in [1.165, 1.54) is 20.3 Å². The quantitative estimate of drug-likeness (QED) is 0.703. The highest BCUT2D eigenvalue weighted by Crippen LogP contribution is 2.25. The molecule has 7 heteroatoms. The third-order valence-electron chi connectivity index (χ3n) is 3.99. The second-order valence-corrected chi connectivity index (χ2v) is 5.53. The number of carbonyl (C=O) groups excluding carboxylic acids is 2. The smallest absolute Gasteiger partial charge is 0.305 e. The van der Waals surface area contributed by atoms with Crippen LogP contribution in [0.2, 0.25) is 0 Å². The highest BCUT2D eigenvalue weighted by atomic mass is 16.5. The van der Waals surface area contributed by atoms with Crippen LogP contribution in [0.15, 0.2) is 46.9 Å². The molecule has 2 amide bonds. The summed E-state index contributed by atoms with van der Waals surface area (Å²) in [6.45, 7) is 1.79. The second kappa shape index (κ2) is 7.18. The zero-order valence-corrected chi connectivity index (χ0v) is 14.6. The Morgan fingerprint density at radius 2 is 1.69 bits per heavy atom. The molecular formula is C19H18N2O5. The zero-order valence-electron chi connectivity index (χ0n) is 14.6. The monoisotopic (exact) mass is 354 g/mol. The van der Waals surface area contributed by atoms with Crippen molar-refractivity contribution in [3.8, 4) is 11.5 Å². The lowest BCUT2D eigenvalue weighted by molar-refractivity contribution is 0.0830. The van der Waals surface area contributed by atoms with E-state index in [1.807, 2.05) is 18.2 Å². The minimum Gasteiger partial charge on any atom is -0.497 e. The third-order valence-corrected chi connectivity index (χ3v) is 3.99. The molecule has 2 aromatic carbocycles. The molecule has 0 radical (unpaired) electrons. The van der Waals surface area contributed by atoms with Gasteiger partial charge in [-0.15, -0.1) is 0 Å². The Balaban J connectivity index is 1.77. The minimum atomic E-state index is -0.547. The Labute approximate surface area is 149 Å². The Kier molecular flexibility index (Phi) is 4.79. The van der Waals surface area contributed by atoms with Crippen LogP contribution >= 0.6 is 0 Å². The summed E-state index contributed by atoms with van der Waals surface area (Å²) in [5.74, 6) is -0.0891. The van der Waals surface area contributed by atoms with Crippen LogP contribution in [0.4, 0.5) is 0 Å². The van der Waals surface area contributed by atoms with Gasteiger partial charge in [-0.1, -0.05) is 18.2 Å². The molecule has 0 bridgehead atoms. The maximum absolute atomic E-state index is 12.4. The van der Waals surface area contributed by atoms with Crippen LogP contribution in [0.1, 0.15) is 26.5 Å². The normalized spacial score (nSPS) is 10.4. The van der Waals surface area contributed by atoms with Crippen molar-refractivity contribution >= 4 is 22.8 Å². The van der Waals surface area contributed by atoms with E-state index in [0.29, 0.717) is 22.6 Å². The topological polar surface area (TPSA) is 89.8 Å². The number of methoxy groups -OCH3 is 2. The van der Waals surface area contributed by atoms with Crippen molar-refractivity contribution in [2.45, 2.75) is 6.92 Å². The first-order valence-electron chi connectivity index (χ1n) is 7.86. The summed E-state index contributed by atoms with van der Waals surface area (Å²) < 4.78 is 15.9. The van der Waals surface area contributed by atoms with E-state index >= 15 is 0 Å². The van der Waals surface area contributed by atoms with Gasteiger partial charge in [0, 0.05) is 10.9 Å². The number of hydrogen-bond donors (Lipinski definition) is 2. The molecule has 0 saturated carbocycles. The number of fused-ring (bicyclic) bond motifs is 1. The van der Waals surface area contributed by atoms with E-state index in [9.17, 15) is 9.59 Å². The minimum absolute atomic E-state index is 0.143. The molecule has 0 aliphatic carbocycles. The number of benzene rings is 2. The molecule has 2 N–H and O–H groups in total. The van der Waals surface area contributed by atoms with Gasteiger partial charge in [0.05, 0.1) is 19.8 Å². The van der Waals surface area contributed by atoms with E-state index in [1.54, 1.807) is 25.1 Å². The van der Waals surface area contributed by atoms with Crippen LogP contribution in [0.5, 0.6) is 11.5 Å². The summed E-state index contributed by atoms with van der Waals surface area (Å²) in [7, 11) is 2.95. The van der Waals surface area contributed by atoms with Gasteiger partial charge >= 0.3 is 5.91 Å². The molecule has 134 valence electrons. The van der Waals surface area contributed by atoms with E-state index in [-0.39, 0.29) is 11.3 Å². The first kappa shape index (κ1) is 17.3. The second-order valence-electron chi connectivity index (χ2n) is 5.53. The largest absolute Gasteiger partial charge is 0.497 e. The highest BCUT2D eigenvalue weighted by molar-refractivity contribution is 6.02. The van der Waals surface area contributed by atoms with Crippen molar-refractivity contribution in [3.63, 3.8) is 0 Å². The van der Waals surface area contributed by atoms with E-state index < -0.39 is 11.8 Å². The molecule has 0 spiro atoms. The van der Waals surface area contributed by atoms with Gasteiger partial charge in [0.15, 0.2) is 5.76 Å². The predicted molar refractivity (Wildman–Crippen MR) is 95.4 cm³/mol. The van der Waals surface area contributed by atoms with Crippen LogP contribution in [-0.4, -0.2) is 26.0 Å². The number of ether oxygens (including phenoxy) is 2. The van der Waals surface area contributed by atoms with E-state index in [4.69, 9.17) is 13.9 Å². The standard InChI is InChI=1S/C19H18N2O5/c1-11-13-6-4-5-7-16(13)26-17(11)19(23)21-20-18(22)14-10-12(24-2)8-9-15(14)25-3/h4-10H,1-3H3,(H,20,22)(H,21,23). The molecule has 0 fully saturated rings. The van der Waals surface area contributed by atoms with E-state index in [2.05, 4.69) is 10.9 Å². The van der Waals surface area contributed by atoms with Gasteiger partial charge in [0.25, 0.3) is 5.91 Å². The number of aryl methyl sites for hydroxylation is 1. The fourth-order valence-electron chi connectivity index (χ4n) is 2.62. The summed E-state index contributed by atoms with van der Waals surface area (Å²) in [4.78, 5) is 24.8. The molecular weight excluding hydrogens is 336 g/mol. The van der Waals surface area contributed by atoms with Gasteiger partial charge in [-0.2, -0.15) is 0 Å². The Hall–Kier alpha value is -3.48. The number of hydrogen-bond acceptors (Lipinski definition) is 5. The zero-order chi connectivity index (χ0) is 18.7. The molecule has 26 heavy (non-hydrogen) atoms. The SMILES string of the molecule is COc1ccc(OC)c(C(=O)NNC(=O)c2oc3ccccc3c2C)c1. The van der Waals surface area contributed by atoms with Crippen LogP contribution < -0.4 is 20.3 Å². The summed E-state index contributed by atoms with van der Waals surface area (Å²) in [5.41, 5.74) is 6.26. The summed E-state index contributed by atoms with van der Waals surface area (Å²) in [6.07, 6.45) is 0. The van der Waals surface area contributed by atoms with Gasteiger partial charge in [0.2, 0.25) is 0 Å². The molecule has 0 aliphatic rings. The number of hydrazine groups is 1. The van der Waals surface area contributed by atoms with Crippen molar-refractivity contribution in [3.05, 3.63) is 59.4 Å². The molecule has 1 aromatic heterocycles. The van der Waals surface area contributed by atoms with Crippen molar-refractivity contribution in [1.82, 2.24) is 10.9 Å². The Bertz CT molecular complexity index is 977. The number of furan rings is 1. The van der Waals surface area contributed by atoms with Gasteiger partial charge in [-0.25, -0.2) is 0 Å². The van der Waals surface area contributed by atoms with Gasteiger partial charge < -0.3 is 13.9 Å². The summed E-state index contributed by atoms with van der Waals surface area (Å²) >= 11 is 0. The molecule has 1 heterocycles. The van der Waals surface area contributed by atoms with Crippen LogP contribution in [-0.2, 0) is 0 Å². The third kappa shape index (κ3) is 3.19. The number of rotatable bonds is 4. The lowest BCUT2D eigenvalue weighted by Gasteiger charge is -2.11. The molecule has 7 nitrogen and oxygen atoms in total. The fraction of sp³-hybridized carbons (Fsp3) is 0.158. The molecule has 3 rings (SSSR count). The van der Waals surface area contributed by atoms with Crippen molar-refractivity contribution in [2.24, 2.45) is 0 Å². The maximum Gasteiger partial charge on any atom is 0.305 e. The lowest BCUT2D eigenvalue weighted by Crippen LogP contribution is -2.41. The van der Waals surface area contributed by atoms with Crippen molar-refractivity contribution in [2.75, 3.05) is 14.2 Å². The number of para-hydroxylation sites is 1. The predicted octanol–water partition coefficient (Wildman–Crippen LogP) is 2.83. The van der Waals surface area contributed by atoms with Crippen LogP contribution in [0, 0.1) is 6.92 Å². The molecule has 0 saturated heterocycles. The highest BCUT2D eigenvalue weighted by Gasteiger charge is 2.19. The summed E-state index contributed by atoms with van der Waals surface area (Å²) in [5, 5.41) is 0.846. The average Bonchev–Trinajstić information content (AvgIpc) is 3.02. The Morgan fingerprint density at radius 1 is 0.962 bits per heavy atom. The van der Waals surface area contributed by atoms with Gasteiger partial charge in [-0.3, -0.25) is 20.4 Å². The first-order valence-corrected chi connectivity index (χ1v) is 7.86. The first-order chi connectivity index (χ1) is 12.5. The lowest BCUT2D eigenvalue weighted by atomic mass is 10.1. The van der Waals surface area contributed by atoms with E-state index in [0.717, 1.165) is 5.39 Å². The summed E-state index contributed by atoms with van der Waals surface area (Å²) in [6, 6.07) is 12.1. The molecule has 0 unspecified atom stereocenters. The van der Waals surface area contributed by atoms with Crippen molar-refractivity contribution in [1.29, 1.82) is 0 Å². The van der Waals surface area contributed by atoms with Crippen molar-refractivity contribution < 1.29 is 23.5 Å². The average molecular weight is 354 g/mol. The Morgan fingerprint density at radius 3 is 2.38 bits per heavy atom.